The Bertz CT molecular complexity index is 1270. The molecule has 0 radical (unpaired) electrons. The van der Waals surface area contributed by atoms with Crippen molar-refractivity contribution >= 4 is 17.4 Å². The van der Waals surface area contributed by atoms with Crippen LogP contribution in [-0.4, -0.2) is 74.0 Å². The van der Waals surface area contributed by atoms with Crippen molar-refractivity contribution in [3.63, 3.8) is 0 Å². The highest BCUT2D eigenvalue weighted by molar-refractivity contribution is 6.31. The summed E-state index contributed by atoms with van der Waals surface area (Å²) in [6.45, 7) is 0.145. The van der Waals surface area contributed by atoms with E-state index in [1.807, 2.05) is 14.1 Å². The SMILES string of the molecule is COc1cc(C(=O)CCC(O)(CN(C)C)c2ccc(OC)c(-c3ccc(F)c(Cl)c3)n2)ccc1OCCO. The Balaban J connectivity index is 1.91. The molecule has 10 heteroatoms. The third-order valence-corrected chi connectivity index (χ3v) is 6.22. The minimum Gasteiger partial charge on any atom is -0.494 e. The van der Waals surface area contributed by atoms with Crippen LogP contribution < -0.4 is 14.2 Å². The predicted molar refractivity (Wildman–Crippen MR) is 143 cm³/mol. The van der Waals surface area contributed by atoms with Crippen molar-refractivity contribution in [3.05, 3.63) is 70.6 Å². The number of likely N-dealkylation sites (N-methyl/N-ethyl adjacent to an activating group) is 1. The highest BCUT2D eigenvalue weighted by atomic mass is 35.5. The van der Waals surface area contributed by atoms with Crippen LogP contribution in [-0.2, 0) is 5.60 Å². The van der Waals surface area contributed by atoms with Crippen molar-refractivity contribution in [1.82, 2.24) is 9.88 Å². The molecule has 1 heterocycles. The highest BCUT2D eigenvalue weighted by Crippen LogP contribution is 2.35. The van der Waals surface area contributed by atoms with Gasteiger partial charge in [-0.2, -0.15) is 0 Å². The third kappa shape index (κ3) is 6.99. The first-order valence-corrected chi connectivity index (χ1v) is 12.3. The van der Waals surface area contributed by atoms with Crippen molar-refractivity contribution in [2.45, 2.75) is 18.4 Å². The number of hydrogen-bond acceptors (Lipinski definition) is 8. The number of aliphatic hydroxyl groups excluding tert-OH is 1. The van der Waals surface area contributed by atoms with Gasteiger partial charge < -0.3 is 29.3 Å². The van der Waals surface area contributed by atoms with Gasteiger partial charge in [-0.15, -0.1) is 0 Å². The fourth-order valence-electron chi connectivity index (χ4n) is 4.11. The molecule has 0 aliphatic heterocycles. The maximum atomic E-state index is 13.8. The first-order chi connectivity index (χ1) is 18.1. The lowest BCUT2D eigenvalue weighted by Crippen LogP contribution is -2.39. The molecule has 1 aromatic heterocycles. The van der Waals surface area contributed by atoms with Gasteiger partial charge in [-0.3, -0.25) is 4.79 Å². The normalized spacial score (nSPS) is 12.8. The van der Waals surface area contributed by atoms with Crippen molar-refractivity contribution in [2.24, 2.45) is 0 Å². The first kappa shape index (κ1) is 29.3. The predicted octanol–water partition coefficient (Wildman–Crippen LogP) is 4.34. The molecule has 0 bridgehead atoms. The number of Topliss-reactive ketones (excluding diaryl/α,β-unsaturated/α-hetero) is 1. The van der Waals surface area contributed by atoms with E-state index in [0.29, 0.717) is 39.8 Å². The van der Waals surface area contributed by atoms with Gasteiger partial charge in [-0.25, -0.2) is 9.37 Å². The molecule has 3 aromatic rings. The number of benzene rings is 2. The number of hydrogen-bond donors (Lipinski definition) is 2. The topological polar surface area (TPSA) is 101 Å². The molecule has 1 unspecified atom stereocenters. The fraction of sp³-hybridized carbons (Fsp3) is 0.357. The number of aromatic nitrogens is 1. The second-order valence-electron chi connectivity index (χ2n) is 9.01. The Hall–Kier alpha value is -3.24. The van der Waals surface area contributed by atoms with E-state index >= 15 is 0 Å². The molecule has 0 fully saturated rings. The van der Waals surface area contributed by atoms with Crippen molar-refractivity contribution in [2.75, 3.05) is 48.1 Å². The van der Waals surface area contributed by atoms with Crippen molar-refractivity contribution in [3.8, 4) is 28.5 Å². The summed E-state index contributed by atoms with van der Waals surface area (Å²) in [4.78, 5) is 19.6. The number of pyridine rings is 1. The van der Waals surface area contributed by atoms with Crippen LogP contribution in [0.2, 0.25) is 5.02 Å². The van der Waals surface area contributed by atoms with E-state index < -0.39 is 11.4 Å². The molecule has 0 aliphatic rings. The molecule has 3 rings (SSSR count). The van der Waals surface area contributed by atoms with Crippen LogP contribution in [0.3, 0.4) is 0 Å². The lowest BCUT2D eigenvalue weighted by atomic mass is 9.89. The van der Waals surface area contributed by atoms with Gasteiger partial charge >= 0.3 is 0 Å². The van der Waals surface area contributed by atoms with E-state index in [4.69, 9.17) is 30.9 Å². The summed E-state index contributed by atoms with van der Waals surface area (Å²) in [6, 6.07) is 12.3. The number of ether oxygens (including phenoxy) is 3. The van der Waals surface area contributed by atoms with Crippen LogP contribution in [0, 0.1) is 5.82 Å². The number of carbonyl (C=O) groups is 1. The molecular formula is C28H32ClFN2O6. The second kappa shape index (κ2) is 13.0. The molecule has 0 aliphatic carbocycles. The number of ketones is 1. The second-order valence-corrected chi connectivity index (χ2v) is 9.41. The molecule has 8 nitrogen and oxygen atoms in total. The van der Waals surface area contributed by atoms with Gasteiger partial charge in [0.25, 0.3) is 0 Å². The van der Waals surface area contributed by atoms with Crippen LogP contribution in [0.15, 0.2) is 48.5 Å². The number of carbonyl (C=O) groups excluding carboxylic acids is 1. The van der Waals surface area contributed by atoms with Crippen molar-refractivity contribution < 1.29 is 33.6 Å². The average molecular weight is 547 g/mol. The van der Waals surface area contributed by atoms with Gasteiger partial charge in [-0.1, -0.05) is 11.6 Å². The van der Waals surface area contributed by atoms with Gasteiger partial charge in [0.1, 0.15) is 29.5 Å². The van der Waals surface area contributed by atoms with Crippen LogP contribution in [0.25, 0.3) is 11.3 Å². The molecule has 204 valence electrons. The zero-order valence-electron chi connectivity index (χ0n) is 21.8. The smallest absolute Gasteiger partial charge is 0.163 e. The summed E-state index contributed by atoms with van der Waals surface area (Å²) in [5.41, 5.74) is 0.154. The van der Waals surface area contributed by atoms with Crippen LogP contribution in [0.5, 0.6) is 17.2 Å². The fourth-order valence-corrected chi connectivity index (χ4v) is 4.29. The van der Waals surface area contributed by atoms with Gasteiger partial charge in [0.2, 0.25) is 0 Å². The molecule has 0 saturated heterocycles. The Labute approximate surface area is 226 Å². The third-order valence-electron chi connectivity index (χ3n) is 5.93. The molecule has 0 saturated carbocycles. The summed E-state index contributed by atoms with van der Waals surface area (Å²) < 4.78 is 30.0. The number of halogens is 2. The number of nitrogens with zero attached hydrogens (tertiary/aromatic N) is 2. The van der Waals surface area contributed by atoms with E-state index in [0.717, 1.165) is 0 Å². The van der Waals surface area contributed by atoms with Gasteiger partial charge in [0.15, 0.2) is 17.3 Å². The zero-order valence-corrected chi connectivity index (χ0v) is 22.6. The van der Waals surface area contributed by atoms with E-state index in [1.54, 1.807) is 35.2 Å². The molecule has 38 heavy (non-hydrogen) atoms. The summed E-state index contributed by atoms with van der Waals surface area (Å²) in [5, 5.41) is 20.7. The molecule has 2 N–H and O–H groups in total. The minimum absolute atomic E-state index is 0.0236. The van der Waals surface area contributed by atoms with E-state index in [9.17, 15) is 14.3 Å². The van der Waals surface area contributed by atoms with Gasteiger partial charge in [0, 0.05) is 24.1 Å². The first-order valence-electron chi connectivity index (χ1n) is 11.9. The van der Waals surface area contributed by atoms with E-state index in [1.165, 1.54) is 32.4 Å². The van der Waals surface area contributed by atoms with Gasteiger partial charge in [0.05, 0.1) is 31.5 Å². The quantitative estimate of drug-likeness (QED) is 0.305. The summed E-state index contributed by atoms with van der Waals surface area (Å²) in [6.07, 6.45) is 0.105. The van der Waals surface area contributed by atoms with Gasteiger partial charge in [-0.05, 0) is 69.0 Å². The average Bonchev–Trinajstić information content (AvgIpc) is 2.91. The molecule has 0 spiro atoms. The molecule has 0 amide bonds. The lowest BCUT2D eigenvalue weighted by Gasteiger charge is -2.31. The summed E-state index contributed by atoms with van der Waals surface area (Å²) in [5.74, 6) is 0.451. The summed E-state index contributed by atoms with van der Waals surface area (Å²) >= 11 is 5.99. The maximum Gasteiger partial charge on any atom is 0.163 e. The maximum absolute atomic E-state index is 13.8. The van der Waals surface area contributed by atoms with Crippen LogP contribution >= 0.6 is 11.6 Å². The Morgan fingerprint density at radius 2 is 1.76 bits per heavy atom. The minimum atomic E-state index is -1.49. The van der Waals surface area contributed by atoms with Crippen LogP contribution in [0.4, 0.5) is 4.39 Å². The van der Waals surface area contributed by atoms with E-state index in [2.05, 4.69) is 4.98 Å². The standard InChI is InChI=1S/C28H32ClFN2O6/c1-32(2)17-28(35,12-11-22(34)18-6-8-23(38-14-13-33)25(16-18)37-4)26-10-9-24(36-3)27(31-26)19-5-7-21(30)20(29)15-19/h5-10,15-16,33,35H,11-14,17H2,1-4H3. The van der Waals surface area contributed by atoms with Crippen molar-refractivity contribution in [1.29, 1.82) is 0 Å². The monoisotopic (exact) mass is 546 g/mol. The number of rotatable bonds is 13. The zero-order chi connectivity index (χ0) is 27.9. The Kier molecular flexibility index (Phi) is 10.0. The molecule has 1 atom stereocenters. The number of methoxy groups -OCH3 is 2. The Morgan fingerprint density at radius 1 is 1.05 bits per heavy atom. The van der Waals surface area contributed by atoms with E-state index in [-0.39, 0.29) is 43.4 Å². The lowest BCUT2D eigenvalue weighted by molar-refractivity contribution is -0.00150. The highest BCUT2D eigenvalue weighted by Gasteiger charge is 2.33. The summed E-state index contributed by atoms with van der Waals surface area (Å²) in [7, 11) is 6.58. The van der Waals surface area contributed by atoms with Crippen LogP contribution in [0.1, 0.15) is 28.9 Å². The molecule has 2 aromatic carbocycles. The largest absolute Gasteiger partial charge is 0.494 e. The number of aliphatic hydroxyl groups is 2. The Morgan fingerprint density at radius 3 is 2.39 bits per heavy atom. The molecular weight excluding hydrogens is 515 g/mol.